The van der Waals surface area contributed by atoms with Crippen molar-refractivity contribution in [2.24, 2.45) is 0 Å². The molecule has 1 aliphatic heterocycles. The number of phenolic OH excluding ortho intramolecular Hbond substituents is 1. The van der Waals surface area contributed by atoms with E-state index < -0.39 is 0 Å². The molecule has 1 heterocycles. The van der Waals surface area contributed by atoms with Gasteiger partial charge in [-0.2, -0.15) is 11.8 Å². The summed E-state index contributed by atoms with van der Waals surface area (Å²) in [5.74, 6) is 3.73. The second-order valence-electron chi connectivity index (χ2n) is 7.83. The summed E-state index contributed by atoms with van der Waals surface area (Å²) in [5.41, 5.74) is 3.22. The number of fused-ring (bicyclic) bond motifs is 1. The van der Waals surface area contributed by atoms with Gasteiger partial charge in [-0.15, -0.1) is 0 Å². The van der Waals surface area contributed by atoms with E-state index in [1.165, 1.54) is 75.5 Å². The Labute approximate surface area is 165 Å². The summed E-state index contributed by atoms with van der Waals surface area (Å²) in [6.07, 6.45) is 15.2. The highest BCUT2D eigenvalue weighted by atomic mass is 32.2. The van der Waals surface area contributed by atoms with Gasteiger partial charge in [0.2, 0.25) is 0 Å². The normalized spacial score (nSPS) is 15.9. The van der Waals surface area contributed by atoms with E-state index in [9.17, 15) is 5.11 Å². The Balaban J connectivity index is 1.48. The molecule has 26 heavy (non-hydrogen) atoms. The van der Waals surface area contributed by atoms with E-state index in [1.807, 2.05) is 31.7 Å². The Kier molecular flexibility index (Phi) is 9.74. The van der Waals surface area contributed by atoms with Crippen LogP contribution in [0.25, 0.3) is 0 Å². The lowest BCUT2D eigenvalue weighted by Gasteiger charge is -2.12. The van der Waals surface area contributed by atoms with Crippen LogP contribution in [-0.2, 0) is 6.42 Å². The van der Waals surface area contributed by atoms with Crippen LogP contribution in [0.5, 0.6) is 11.5 Å². The fraction of sp³-hybridized carbons (Fsp3) is 0.739. The van der Waals surface area contributed by atoms with Crippen molar-refractivity contribution in [3.8, 4) is 11.5 Å². The fourth-order valence-corrected chi connectivity index (χ4v) is 4.73. The van der Waals surface area contributed by atoms with Gasteiger partial charge in [0.25, 0.3) is 0 Å². The average Bonchev–Trinajstić information content (AvgIpc) is 3.03. The third-order valence-corrected chi connectivity index (χ3v) is 6.75. The molecule has 1 aromatic rings. The maximum Gasteiger partial charge on any atom is 0.126 e. The number of phenols is 1. The average molecular weight is 379 g/mol. The molecule has 0 bridgehead atoms. The van der Waals surface area contributed by atoms with E-state index >= 15 is 0 Å². The lowest BCUT2D eigenvalue weighted by Crippen LogP contribution is -2.16. The summed E-state index contributed by atoms with van der Waals surface area (Å²) >= 11 is 2.03. The van der Waals surface area contributed by atoms with Crippen LogP contribution in [0.3, 0.4) is 0 Å². The first-order valence-electron chi connectivity index (χ1n) is 10.7. The molecule has 0 saturated carbocycles. The van der Waals surface area contributed by atoms with Gasteiger partial charge in [0.15, 0.2) is 0 Å². The molecule has 1 aromatic carbocycles. The first-order chi connectivity index (χ1) is 12.6. The van der Waals surface area contributed by atoms with Gasteiger partial charge in [0.05, 0.1) is 0 Å². The van der Waals surface area contributed by atoms with Crippen molar-refractivity contribution in [3.05, 3.63) is 22.8 Å². The number of rotatable bonds is 13. The number of aromatic hydroxyl groups is 1. The number of thioether (sulfide) groups is 1. The van der Waals surface area contributed by atoms with Gasteiger partial charge in [-0.25, -0.2) is 0 Å². The Morgan fingerprint density at radius 2 is 1.58 bits per heavy atom. The minimum absolute atomic E-state index is 0.276. The van der Waals surface area contributed by atoms with Crippen LogP contribution in [0.1, 0.15) is 87.8 Å². The SMILES string of the molecule is CCCCCCCCCCCCSCC1Cc2cc(O)c(C)c(C)c2O1. The summed E-state index contributed by atoms with van der Waals surface area (Å²) < 4.78 is 6.14. The van der Waals surface area contributed by atoms with Crippen LogP contribution in [0.2, 0.25) is 0 Å². The Bertz CT molecular complexity index is 541. The molecule has 2 nitrogen and oxygen atoms in total. The van der Waals surface area contributed by atoms with Crippen LogP contribution < -0.4 is 4.74 Å². The molecule has 0 fully saturated rings. The number of benzene rings is 1. The molecule has 0 aliphatic carbocycles. The molecule has 0 radical (unpaired) electrons. The first-order valence-corrected chi connectivity index (χ1v) is 11.8. The van der Waals surface area contributed by atoms with Crippen molar-refractivity contribution in [2.45, 2.75) is 97.5 Å². The molecule has 0 amide bonds. The van der Waals surface area contributed by atoms with Gasteiger partial charge in [-0.1, -0.05) is 64.7 Å². The van der Waals surface area contributed by atoms with Crippen molar-refractivity contribution in [2.75, 3.05) is 11.5 Å². The smallest absolute Gasteiger partial charge is 0.126 e. The highest BCUT2D eigenvalue weighted by Crippen LogP contribution is 2.38. The van der Waals surface area contributed by atoms with E-state index in [4.69, 9.17) is 4.74 Å². The Hall–Kier alpha value is -0.830. The van der Waals surface area contributed by atoms with Crippen molar-refractivity contribution in [1.82, 2.24) is 0 Å². The summed E-state index contributed by atoms with van der Waals surface area (Å²) in [4.78, 5) is 0. The van der Waals surface area contributed by atoms with Gasteiger partial charge < -0.3 is 9.84 Å². The highest BCUT2D eigenvalue weighted by molar-refractivity contribution is 7.99. The molecule has 2 rings (SSSR count). The highest BCUT2D eigenvalue weighted by Gasteiger charge is 2.26. The monoisotopic (exact) mass is 378 g/mol. The minimum atomic E-state index is 0.276. The molecule has 1 N–H and O–H groups in total. The number of unbranched alkanes of at least 4 members (excludes halogenated alkanes) is 9. The van der Waals surface area contributed by atoms with Gasteiger partial charge in [0.1, 0.15) is 17.6 Å². The lowest BCUT2D eigenvalue weighted by atomic mass is 10.0. The minimum Gasteiger partial charge on any atom is -0.508 e. The molecular weight excluding hydrogens is 340 g/mol. The number of hydrogen-bond acceptors (Lipinski definition) is 3. The number of ether oxygens (including phenoxy) is 1. The lowest BCUT2D eigenvalue weighted by molar-refractivity contribution is 0.257. The zero-order valence-electron chi connectivity index (χ0n) is 17.1. The van der Waals surface area contributed by atoms with Gasteiger partial charge in [-0.3, -0.25) is 0 Å². The second kappa shape index (κ2) is 11.8. The zero-order valence-corrected chi connectivity index (χ0v) is 17.9. The standard InChI is InChI=1S/C23H38O2S/c1-4-5-6-7-8-9-10-11-12-13-14-26-17-21-15-20-16-22(24)18(2)19(3)23(20)25-21/h16,21,24H,4-15,17H2,1-3H3. The van der Waals surface area contributed by atoms with Crippen LogP contribution in [0.4, 0.5) is 0 Å². The largest absolute Gasteiger partial charge is 0.508 e. The second-order valence-corrected chi connectivity index (χ2v) is 8.98. The van der Waals surface area contributed by atoms with Gasteiger partial charge in [-0.05, 0) is 43.2 Å². The molecule has 3 heteroatoms. The molecule has 0 aromatic heterocycles. The maximum atomic E-state index is 9.98. The van der Waals surface area contributed by atoms with Crippen molar-refractivity contribution < 1.29 is 9.84 Å². The summed E-state index contributed by atoms with van der Waals surface area (Å²) in [5, 5.41) is 9.98. The molecular formula is C23H38O2S. The van der Waals surface area contributed by atoms with Crippen LogP contribution >= 0.6 is 11.8 Å². The third-order valence-electron chi connectivity index (χ3n) is 5.57. The van der Waals surface area contributed by atoms with E-state index in [-0.39, 0.29) is 6.10 Å². The van der Waals surface area contributed by atoms with Crippen molar-refractivity contribution in [1.29, 1.82) is 0 Å². The summed E-state index contributed by atoms with van der Waals surface area (Å²) in [6.45, 7) is 6.29. The predicted octanol–water partition coefficient (Wildman–Crippen LogP) is 6.97. The van der Waals surface area contributed by atoms with Crippen molar-refractivity contribution in [3.63, 3.8) is 0 Å². The van der Waals surface area contributed by atoms with Crippen LogP contribution in [0.15, 0.2) is 6.07 Å². The van der Waals surface area contributed by atoms with Gasteiger partial charge in [0, 0.05) is 17.7 Å². The molecule has 1 aliphatic rings. The van der Waals surface area contributed by atoms with E-state index in [1.54, 1.807) is 0 Å². The van der Waals surface area contributed by atoms with Gasteiger partial charge >= 0.3 is 0 Å². The van der Waals surface area contributed by atoms with E-state index in [2.05, 4.69) is 6.92 Å². The molecule has 1 unspecified atom stereocenters. The molecule has 0 saturated heterocycles. The predicted molar refractivity (Wildman–Crippen MR) is 115 cm³/mol. The van der Waals surface area contributed by atoms with Crippen LogP contribution in [0, 0.1) is 13.8 Å². The van der Waals surface area contributed by atoms with E-state index in [0.717, 1.165) is 29.1 Å². The zero-order chi connectivity index (χ0) is 18.8. The first kappa shape index (κ1) is 21.5. The fourth-order valence-electron chi connectivity index (χ4n) is 3.71. The summed E-state index contributed by atoms with van der Waals surface area (Å²) in [6, 6.07) is 1.89. The Morgan fingerprint density at radius 1 is 0.962 bits per heavy atom. The van der Waals surface area contributed by atoms with Crippen molar-refractivity contribution >= 4 is 11.8 Å². The Morgan fingerprint density at radius 3 is 2.23 bits per heavy atom. The van der Waals surface area contributed by atoms with Crippen LogP contribution in [-0.4, -0.2) is 22.7 Å². The molecule has 148 valence electrons. The maximum absolute atomic E-state index is 9.98. The quantitative estimate of drug-likeness (QED) is 0.376. The van der Waals surface area contributed by atoms with E-state index in [0.29, 0.717) is 5.75 Å². The molecule has 0 spiro atoms. The summed E-state index contributed by atoms with van der Waals surface area (Å²) in [7, 11) is 0. The topological polar surface area (TPSA) is 29.5 Å². The molecule has 1 atom stereocenters. The third kappa shape index (κ3) is 6.72. The number of hydrogen-bond donors (Lipinski definition) is 1.